The topological polar surface area (TPSA) is 136 Å². The Balaban J connectivity index is 1.14. The molecule has 4 heterocycles. The zero-order valence-corrected chi connectivity index (χ0v) is 23.2. The van der Waals surface area contributed by atoms with E-state index < -0.39 is 6.04 Å². The SMILES string of the molecule is CC(=O)c1nn(CC(=O)N2[C@@H]3C[C@@H]3C[C@H]2C(=O)Nc2cncc(Br)n2)c2ccc(-c3cnc(C4CC4)nc3)cc12. The number of nitrogens with zero attached hydrogens (tertiary/aromatic N) is 7. The molecule has 3 atom stereocenters. The fraction of sp³-hybridized carbons (Fsp3) is 0.357. The van der Waals surface area contributed by atoms with Crippen LogP contribution in [0, 0.1) is 5.92 Å². The van der Waals surface area contributed by atoms with Gasteiger partial charge in [0.05, 0.1) is 17.9 Å². The first-order valence-corrected chi connectivity index (χ1v) is 14.1. The van der Waals surface area contributed by atoms with Gasteiger partial charge in [-0.1, -0.05) is 6.07 Å². The van der Waals surface area contributed by atoms with Crippen molar-refractivity contribution in [1.82, 2.24) is 34.6 Å². The molecule has 3 aromatic heterocycles. The number of hydrogen-bond acceptors (Lipinski definition) is 8. The Hall–Kier alpha value is -4.06. The molecule has 2 amide bonds. The Morgan fingerprint density at radius 2 is 1.85 bits per heavy atom. The predicted molar refractivity (Wildman–Crippen MR) is 148 cm³/mol. The van der Waals surface area contributed by atoms with E-state index in [-0.39, 0.29) is 30.2 Å². The van der Waals surface area contributed by atoms with Gasteiger partial charge in [0, 0.05) is 42.2 Å². The Bertz CT molecular complexity index is 1680. The minimum absolute atomic E-state index is 0.0381. The van der Waals surface area contributed by atoms with Crippen LogP contribution in [0.4, 0.5) is 5.82 Å². The third kappa shape index (κ3) is 4.55. The molecule has 1 aromatic carbocycles. The molecule has 2 saturated carbocycles. The number of carbonyl (C=O) groups excluding carboxylic acids is 3. The summed E-state index contributed by atoms with van der Waals surface area (Å²) in [6, 6.07) is 5.13. The molecule has 40 heavy (non-hydrogen) atoms. The lowest BCUT2D eigenvalue weighted by molar-refractivity contribution is -0.138. The first-order chi connectivity index (χ1) is 19.4. The average Bonchev–Trinajstić information content (AvgIpc) is 3.87. The molecular weight excluding hydrogens is 576 g/mol. The molecule has 0 spiro atoms. The lowest BCUT2D eigenvalue weighted by Crippen LogP contribution is -2.46. The second-order valence-electron chi connectivity index (χ2n) is 10.7. The summed E-state index contributed by atoms with van der Waals surface area (Å²) in [5.41, 5.74) is 2.70. The van der Waals surface area contributed by atoms with Crippen LogP contribution in [-0.2, 0) is 16.1 Å². The number of carbonyl (C=O) groups is 3. The summed E-state index contributed by atoms with van der Waals surface area (Å²) in [6.45, 7) is 1.39. The van der Waals surface area contributed by atoms with Gasteiger partial charge in [0.15, 0.2) is 11.6 Å². The first-order valence-electron chi connectivity index (χ1n) is 13.3. The van der Waals surface area contributed by atoms with Gasteiger partial charge in [-0.2, -0.15) is 5.10 Å². The highest BCUT2D eigenvalue weighted by Gasteiger charge is 2.56. The van der Waals surface area contributed by atoms with Crippen LogP contribution in [0.1, 0.15) is 54.8 Å². The number of benzene rings is 1. The molecule has 3 aliphatic rings. The molecule has 0 unspecified atom stereocenters. The third-order valence-corrected chi connectivity index (χ3v) is 8.25. The number of amides is 2. The van der Waals surface area contributed by atoms with Crippen LogP contribution in [-0.4, -0.2) is 64.3 Å². The number of likely N-dealkylation sites (tertiary alicyclic amines) is 1. The molecule has 3 fully saturated rings. The molecule has 11 nitrogen and oxygen atoms in total. The summed E-state index contributed by atoms with van der Waals surface area (Å²) in [7, 11) is 0. The summed E-state index contributed by atoms with van der Waals surface area (Å²) >= 11 is 3.25. The zero-order chi connectivity index (χ0) is 27.5. The van der Waals surface area contributed by atoms with E-state index in [0.717, 1.165) is 36.2 Å². The highest BCUT2D eigenvalue weighted by molar-refractivity contribution is 9.10. The molecule has 4 aromatic rings. The monoisotopic (exact) mass is 600 g/mol. The largest absolute Gasteiger partial charge is 0.326 e. The normalized spacial score (nSPS) is 21.4. The number of piperidine rings is 1. The van der Waals surface area contributed by atoms with Gasteiger partial charge >= 0.3 is 0 Å². The van der Waals surface area contributed by atoms with Crippen molar-refractivity contribution in [2.75, 3.05) is 5.32 Å². The highest BCUT2D eigenvalue weighted by Crippen LogP contribution is 2.48. The summed E-state index contributed by atoms with van der Waals surface area (Å²) < 4.78 is 2.07. The van der Waals surface area contributed by atoms with Crippen LogP contribution < -0.4 is 5.32 Å². The Kier molecular flexibility index (Phi) is 5.95. The van der Waals surface area contributed by atoms with E-state index >= 15 is 0 Å². The minimum atomic E-state index is -0.601. The van der Waals surface area contributed by atoms with E-state index in [2.05, 4.69) is 46.3 Å². The van der Waals surface area contributed by atoms with Crippen molar-refractivity contribution < 1.29 is 14.4 Å². The van der Waals surface area contributed by atoms with Crippen LogP contribution in [0.5, 0.6) is 0 Å². The Labute approximate surface area is 237 Å². The van der Waals surface area contributed by atoms with E-state index in [4.69, 9.17) is 0 Å². The van der Waals surface area contributed by atoms with Crippen LogP contribution in [0.2, 0.25) is 0 Å². The number of hydrogen-bond donors (Lipinski definition) is 1. The van der Waals surface area contributed by atoms with E-state index in [1.807, 2.05) is 30.6 Å². The number of nitrogens with one attached hydrogen (secondary N) is 1. The van der Waals surface area contributed by atoms with Gasteiger partial charge in [-0.15, -0.1) is 0 Å². The van der Waals surface area contributed by atoms with Gasteiger partial charge in [0.25, 0.3) is 0 Å². The summed E-state index contributed by atoms with van der Waals surface area (Å²) in [6.07, 6.45) is 10.4. The lowest BCUT2D eigenvalue weighted by Gasteiger charge is -2.26. The van der Waals surface area contributed by atoms with Gasteiger partial charge in [0.1, 0.15) is 28.7 Å². The van der Waals surface area contributed by atoms with Crippen molar-refractivity contribution in [1.29, 1.82) is 0 Å². The molecule has 1 saturated heterocycles. The summed E-state index contributed by atoms with van der Waals surface area (Å²) in [4.78, 5) is 58.2. The fourth-order valence-corrected chi connectivity index (χ4v) is 5.96. The number of halogens is 1. The van der Waals surface area contributed by atoms with Crippen molar-refractivity contribution in [3.05, 3.63) is 59.1 Å². The zero-order valence-electron chi connectivity index (χ0n) is 21.6. The molecule has 1 aliphatic heterocycles. The molecule has 0 radical (unpaired) electrons. The number of rotatable bonds is 7. The maximum Gasteiger partial charge on any atom is 0.248 e. The second kappa shape index (κ2) is 9.54. The van der Waals surface area contributed by atoms with E-state index in [1.54, 1.807) is 9.58 Å². The third-order valence-electron chi connectivity index (χ3n) is 7.87. The number of anilines is 1. The van der Waals surface area contributed by atoms with E-state index in [1.165, 1.54) is 19.3 Å². The minimum Gasteiger partial charge on any atom is -0.326 e. The average molecular weight is 601 g/mol. The van der Waals surface area contributed by atoms with Crippen LogP contribution in [0.15, 0.2) is 47.6 Å². The standard InChI is InChI=1S/C28H25BrN8O3/c1-14(38)26-19-6-16(18-9-31-27(32-10-18)15-2-3-15)4-5-20(19)36(35-26)13-25(39)37-21-7-17(21)8-22(37)28(40)34-24-12-30-11-23(29)33-24/h4-6,9-12,15,17,21-22H,2-3,7-8,13H2,1H3,(H,33,34,40)/t17-,21-,22+/m1/s1. The Morgan fingerprint density at radius 3 is 2.58 bits per heavy atom. The van der Waals surface area contributed by atoms with Crippen LogP contribution in [0.25, 0.3) is 22.0 Å². The summed E-state index contributed by atoms with van der Waals surface area (Å²) in [5, 5.41) is 7.98. The number of ketones is 1. The fourth-order valence-electron chi connectivity index (χ4n) is 5.65. The molecule has 1 N–H and O–H groups in total. The maximum absolute atomic E-state index is 13.6. The number of fused-ring (bicyclic) bond motifs is 2. The predicted octanol–water partition coefficient (Wildman–Crippen LogP) is 3.75. The Morgan fingerprint density at radius 1 is 1.05 bits per heavy atom. The molecule has 2 aliphatic carbocycles. The van der Waals surface area contributed by atoms with Crippen molar-refractivity contribution in [3.8, 4) is 11.1 Å². The quantitative estimate of drug-likeness (QED) is 0.317. The highest BCUT2D eigenvalue weighted by atomic mass is 79.9. The first kappa shape index (κ1) is 24.9. The number of Topliss-reactive ketones (excluding diaryl/α,β-unsaturated/α-hetero) is 1. The van der Waals surface area contributed by atoms with Crippen LogP contribution in [0.3, 0.4) is 0 Å². The second-order valence-corrected chi connectivity index (χ2v) is 11.5. The molecule has 7 rings (SSSR count). The smallest absolute Gasteiger partial charge is 0.248 e. The van der Waals surface area contributed by atoms with E-state index in [9.17, 15) is 14.4 Å². The molecule has 202 valence electrons. The van der Waals surface area contributed by atoms with Crippen molar-refractivity contribution >= 4 is 50.2 Å². The molecule has 0 bridgehead atoms. The lowest BCUT2D eigenvalue weighted by atomic mass is 10.0. The van der Waals surface area contributed by atoms with Gasteiger partial charge < -0.3 is 10.2 Å². The van der Waals surface area contributed by atoms with Crippen molar-refractivity contribution in [2.45, 2.75) is 57.2 Å². The van der Waals surface area contributed by atoms with Gasteiger partial charge in [0.2, 0.25) is 11.8 Å². The summed E-state index contributed by atoms with van der Waals surface area (Å²) in [5.74, 6) is 1.28. The molecular formula is C28H25BrN8O3. The van der Waals surface area contributed by atoms with Gasteiger partial charge in [-0.25, -0.2) is 15.0 Å². The van der Waals surface area contributed by atoms with Crippen molar-refractivity contribution in [2.24, 2.45) is 5.92 Å². The van der Waals surface area contributed by atoms with Crippen LogP contribution >= 0.6 is 15.9 Å². The van der Waals surface area contributed by atoms with E-state index in [0.29, 0.717) is 45.3 Å². The van der Waals surface area contributed by atoms with Crippen molar-refractivity contribution in [3.63, 3.8) is 0 Å². The van der Waals surface area contributed by atoms with Gasteiger partial charge in [-0.05, 0) is 65.2 Å². The van der Waals surface area contributed by atoms with Gasteiger partial charge in [-0.3, -0.25) is 24.0 Å². The molecule has 12 heteroatoms. The maximum atomic E-state index is 13.6. The number of aromatic nitrogens is 6.